The van der Waals surface area contributed by atoms with Crippen LogP contribution in [0.4, 0.5) is 17.1 Å². The van der Waals surface area contributed by atoms with E-state index in [0.29, 0.717) is 18.8 Å². The van der Waals surface area contributed by atoms with E-state index in [4.69, 9.17) is 0 Å². The van der Waals surface area contributed by atoms with E-state index in [9.17, 15) is 13.2 Å². The van der Waals surface area contributed by atoms with E-state index in [2.05, 4.69) is 22.9 Å². The van der Waals surface area contributed by atoms with Crippen LogP contribution in [0.3, 0.4) is 0 Å². The lowest BCUT2D eigenvalue weighted by molar-refractivity contribution is -0.114. The van der Waals surface area contributed by atoms with Crippen molar-refractivity contribution in [3.63, 3.8) is 0 Å². The summed E-state index contributed by atoms with van der Waals surface area (Å²) in [5.74, 6) is -0.199. The molecule has 32 heavy (non-hydrogen) atoms. The first kappa shape index (κ1) is 25.7. The van der Waals surface area contributed by atoms with Crippen molar-refractivity contribution >= 4 is 33.0 Å². The van der Waals surface area contributed by atoms with Gasteiger partial charge in [-0.15, -0.1) is 0 Å². The van der Waals surface area contributed by atoms with Gasteiger partial charge in [0.25, 0.3) is 0 Å². The molecule has 0 heterocycles. The van der Waals surface area contributed by atoms with Gasteiger partial charge >= 0.3 is 0 Å². The van der Waals surface area contributed by atoms with Crippen molar-refractivity contribution < 1.29 is 13.2 Å². The monoisotopic (exact) mass is 460 g/mol. The Kier molecular flexibility index (Phi) is 9.53. The fraction of sp³-hybridized carbons (Fsp3) is 0.458. The van der Waals surface area contributed by atoms with Gasteiger partial charge in [-0.25, -0.2) is 8.42 Å². The highest BCUT2D eigenvalue weighted by molar-refractivity contribution is 7.89. The number of carbonyl (C=O) groups is 1. The minimum atomic E-state index is -3.60. The van der Waals surface area contributed by atoms with Crippen LogP contribution < -0.4 is 16.0 Å². The first-order valence-electron chi connectivity index (χ1n) is 11.2. The molecule has 3 N–H and O–H groups in total. The van der Waals surface area contributed by atoms with E-state index in [1.165, 1.54) is 4.31 Å². The average molecular weight is 461 g/mol. The Balaban J connectivity index is 2.23. The van der Waals surface area contributed by atoms with Crippen LogP contribution >= 0.6 is 0 Å². The van der Waals surface area contributed by atoms with E-state index < -0.39 is 10.0 Å². The van der Waals surface area contributed by atoms with Crippen molar-refractivity contribution in [3.05, 3.63) is 47.5 Å². The number of sulfonamides is 1. The maximum atomic E-state index is 13.0. The van der Waals surface area contributed by atoms with Gasteiger partial charge in [-0.05, 0) is 55.7 Å². The number of rotatable bonds is 12. The molecule has 0 aromatic heterocycles. The molecule has 0 saturated carbocycles. The molecule has 7 nitrogen and oxygen atoms in total. The van der Waals surface area contributed by atoms with Gasteiger partial charge in [0.15, 0.2) is 0 Å². The molecule has 176 valence electrons. The highest BCUT2D eigenvalue weighted by Crippen LogP contribution is 2.27. The Hall–Kier alpha value is -2.58. The first-order valence-corrected chi connectivity index (χ1v) is 12.7. The number of aryl methyl sites for hydroxylation is 2. The lowest BCUT2D eigenvalue weighted by Crippen LogP contribution is -2.30. The summed E-state index contributed by atoms with van der Waals surface area (Å²) < 4.78 is 27.4. The topological polar surface area (TPSA) is 90.5 Å². The Morgan fingerprint density at radius 2 is 1.62 bits per heavy atom. The number of hydrogen-bond acceptors (Lipinski definition) is 5. The van der Waals surface area contributed by atoms with Gasteiger partial charge in [-0.1, -0.05) is 39.3 Å². The molecule has 0 aliphatic rings. The van der Waals surface area contributed by atoms with Crippen LogP contribution in [0.25, 0.3) is 0 Å². The molecule has 2 rings (SSSR count). The van der Waals surface area contributed by atoms with Crippen LogP contribution in [0.15, 0.2) is 41.3 Å². The predicted octanol–water partition coefficient (Wildman–Crippen LogP) is 4.60. The van der Waals surface area contributed by atoms with Crippen molar-refractivity contribution in [1.29, 1.82) is 0 Å². The summed E-state index contributed by atoms with van der Waals surface area (Å²) in [7, 11) is -3.60. The van der Waals surface area contributed by atoms with Crippen molar-refractivity contribution in [2.45, 2.75) is 52.4 Å². The SMILES string of the molecule is CCCCNc1ccc(S(=O)(=O)N(CC)CC)cc1NCC(=O)Nc1cc(C)ccc1C. The maximum Gasteiger partial charge on any atom is 0.243 e. The Morgan fingerprint density at radius 3 is 2.28 bits per heavy atom. The second kappa shape index (κ2) is 11.9. The van der Waals surface area contributed by atoms with Crippen molar-refractivity contribution in [2.75, 3.05) is 42.1 Å². The largest absolute Gasteiger partial charge is 0.383 e. The fourth-order valence-electron chi connectivity index (χ4n) is 3.34. The summed E-state index contributed by atoms with van der Waals surface area (Å²) in [6.45, 7) is 11.2. The zero-order chi connectivity index (χ0) is 23.7. The zero-order valence-electron chi connectivity index (χ0n) is 19.8. The van der Waals surface area contributed by atoms with E-state index in [1.54, 1.807) is 18.2 Å². The highest BCUT2D eigenvalue weighted by atomic mass is 32.2. The van der Waals surface area contributed by atoms with Crippen molar-refractivity contribution in [3.8, 4) is 0 Å². The minimum Gasteiger partial charge on any atom is -0.383 e. The molecule has 0 atom stereocenters. The third kappa shape index (κ3) is 6.71. The summed E-state index contributed by atoms with van der Waals surface area (Å²) in [6, 6.07) is 10.9. The maximum absolute atomic E-state index is 13.0. The van der Waals surface area contributed by atoms with Crippen LogP contribution in [0, 0.1) is 13.8 Å². The molecular weight excluding hydrogens is 424 g/mol. The molecule has 0 spiro atoms. The molecular formula is C24H36N4O3S. The summed E-state index contributed by atoms with van der Waals surface area (Å²) in [4.78, 5) is 12.8. The van der Waals surface area contributed by atoms with E-state index in [1.807, 2.05) is 45.9 Å². The summed E-state index contributed by atoms with van der Waals surface area (Å²) in [6.07, 6.45) is 2.04. The lowest BCUT2D eigenvalue weighted by Gasteiger charge is -2.20. The number of anilines is 3. The molecule has 8 heteroatoms. The van der Waals surface area contributed by atoms with E-state index in [0.717, 1.165) is 41.9 Å². The van der Waals surface area contributed by atoms with E-state index in [-0.39, 0.29) is 17.3 Å². The summed E-state index contributed by atoms with van der Waals surface area (Å²) in [5.41, 5.74) is 4.19. The molecule has 0 aliphatic heterocycles. The number of nitrogens with zero attached hydrogens (tertiary/aromatic N) is 1. The Labute approximate surface area is 192 Å². The fourth-order valence-corrected chi connectivity index (χ4v) is 4.82. The van der Waals surface area contributed by atoms with Gasteiger partial charge < -0.3 is 16.0 Å². The number of nitrogens with one attached hydrogen (secondary N) is 3. The van der Waals surface area contributed by atoms with Crippen molar-refractivity contribution in [1.82, 2.24) is 4.31 Å². The Bertz CT molecular complexity index is 1020. The lowest BCUT2D eigenvalue weighted by atomic mass is 10.1. The molecule has 0 unspecified atom stereocenters. The smallest absolute Gasteiger partial charge is 0.243 e. The van der Waals surface area contributed by atoms with Crippen LogP contribution in [0.2, 0.25) is 0 Å². The molecule has 0 aliphatic carbocycles. The molecule has 0 bridgehead atoms. The molecule has 0 radical (unpaired) electrons. The number of hydrogen-bond donors (Lipinski definition) is 3. The standard InChI is InChI=1S/C24H36N4O3S/c1-6-9-14-25-21-13-12-20(32(30,31)28(7-2)8-3)16-23(21)26-17-24(29)27-22-15-18(4)10-11-19(22)5/h10-13,15-16,25-26H,6-9,14,17H2,1-5H3,(H,27,29). The normalized spacial score (nSPS) is 11.4. The van der Waals surface area contributed by atoms with Crippen LogP contribution in [0.1, 0.15) is 44.7 Å². The van der Waals surface area contributed by atoms with E-state index >= 15 is 0 Å². The number of amides is 1. The van der Waals surface area contributed by atoms with Crippen molar-refractivity contribution in [2.24, 2.45) is 0 Å². The summed E-state index contributed by atoms with van der Waals surface area (Å²) in [5, 5.41) is 9.39. The predicted molar refractivity (Wildman–Crippen MR) is 133 cm³/mol. The molecule has 2 aromatic rings. The second-order valence-electron chi connectivity index (χ2n) is 7.80. The molecule has 1 amide bonds. The van der Waals surface area contributed by atoms with Gasteiger partial charge in [-0.2, -0.15) is 4.31 Å². The molecule has 0 fully saturated rings. The quantitative estimate of drug-likeness (QED) is 0.403. The second-order valence-corrected chi connectivity index (χ2v) is 9.74. The van der Waals surface area contributed by atoms with Gasteiger partial charge in [0.1, 0.15) is 0 Å². The van der Waals surface area contributed by atoms with Crippen LogP contribution in [0.5, 0.6) is 0 Å². The zero-order valence-corrected chi connectivity index (χ0v) is 20.6. The molecule has 2 aromatic carbocycles. The first-order chi connectivity index (χ1) is 15.2. The van der Waals surface area contributed by atoms with Gasteiger partial charge in [0.2, 0.25) is 15.9 Å². The van der Waals surface area contributed by atoms with Crippen LogP contribution in [-0.4, -0.2) is 44.8 Å². The number of benzene rings is 2. The van der Waals surface area contributed by atoms with Gasteiger partial charge in [0, 0.05) is 25.3 Å². The minimum absolute atomic E-state index is 0.0185. The number of unbranched alkanes of at least 4 members (excludes halogenated alkanes) is 1. The summed E-state index contributed by atoms with van der Waals surface area (Å²) >= 11 is 0. The average Bonchev–Trinajstić information content (AvgIpc) is 2.76. The number of carbonyl (C=O) groups excluding carboxylic acids is 1. The Morgan fingerprint density at radius 1 is 0.906 bits per heavy atom. The third-order valence-electron chi connectivity index (χ3n) is 5.29. The van der Waals surface area contributed by atoms with Gasteiger partial charge in [0.05, 0.1) is 22.8 Å². The highest BCUT2D eigenvalue weighted by Gasteiger charge is 2.22. The molecule has 0 saturated heterocycles. The van der Waals surface area contributed by atoms with Gasteiger partial charge in [-0.3, -0.25) is 4.79 Å². The third-order valence-corrected chi connectivity index (χ3v) is 7.33. The van der Waals surface area contributed by atoms with Crippen LogP contribution in [-0.2, 0) is 14.8 Å².